The maximum atomic E-state index is 13.6. The molecule has 1 aliphatic heterocycles. The Labute approximate surface area is 166 Å². The maximum absolute atomic E-state index is 13.6. The van der Waals surface area contributed by atoms with E-state index < -0.39 is 0 Å². The van der Waals surface area contributed by atoms with E-state index in [4.69, 9.17) is 0 Å². The van der Waals surface area contributed by atoms with Crippen LogP contribution in [0.2, 0.25) is 0 Å². The molecule has 0 radical (unpaired) electrons. The van der Waals surface area contributed by atoms with Gasteiger partial charge in [-0.05, 0) is 67.9 Å². The number of rotatable bonds is 3. The van der Waals surface area contributed by atoms with E-state index in [0.29, 0.717) is 5.69 Å². The Hall–Kier alpha value is -3.32. The van der Waals surface area contributed by atoms with Gasteiger partial charge in [0.05, 0.1) is 11.0 Å². The predicted octanol–water partition coefficient (Wildman–Crippen LogP) is 3.40. The Bertz CT molecular complexity index is 1210. The molecule has 2 aromatic carbocycles. The number of carbonyl (C=O) groups excluding carboxylic acids is 1. The van der Waals surface area contributed by atoms with E-state index >= 15 is 0 Å². The van der Waals surface area contributed by atoms with Gasteiger partial charge in [0.15, 0.2) is 5.69 Å². The van der Waals surface area contributed by atoms with E-state index in [0.717, 1.165) is 58.9 Å². The highest BCUT2D eigenvalue weighted by Gasteiger charge is 2.20. The summed E-state index contributed by atoms with van der Waals surface area (Å²) in [5.74, 6) is -0.461. The Kier molecular flexibility index (Phi) is 4.44. The van der Waals surface area contributed by atoms with Gasteiger partial charge < -0.3 is 10.6 Å². The summed E-state index contributed by atoms with van der Waals surface area (Å²) < 4.78 is 13.6. The van der Waals surface area contributed by atoms with Crippen molar-refractivity contribution in [2.45, 2.75) is 18.9 Å². The fraction of sp³-hybridized carbons (Fsp3) is 0.227. The molecule has 1 amide bonds. The first-order chi connectivity index (χ1) is 14.2. The molecule has 3 N–H and O–H groups in total. The van der Waals surface area contributed by atoms with Crippen LogP contribution in [0.1, 0.15) is 23.3 Å². The lowest BCUT2D eigenvalue weighted by atomic mass is 10.0. The molecule has 0 unspecified atom stereocenters. The van der Waals surface area contributed by atoms with Crippen LogP contribution in [-0.4, -0.2) is 40.2 Å². The number of hydrogen-bond acceptors (Lipinski definition) is 4. The number of aromatic nitrogens is 3. The summed E-state index contributed by atoms with van der Waals surface area (Å²) in [6, 6.07) is 12.4. The Morgan fingerprint density at radius 2 is 1.93 bits per heavy atom. The lowest BCUT2D eigenvalue weighted by Gasteiger charge is -2.23. The third-order valence-corrected chi connectivity index (χ3v) is 5.43. The van der Waals surface area contributed by atoms with Crippen molar-refractivity contribution in [2.24, 2.45) is 0 Å². The average molecular weight is 389 g/mol. The molecule has 0 atom stereocenters. The Morgan fingerprint density at radius 1 is 1.07 bits per heavy atom. The molecule has 146 valence electrons. The lowest BCUT2D eigenvalue weighted by molar-refractivity contribution is 0.0926. The molecule has 29 heavy (non-hydrogen) atoms. The fourth-order valence-corrected chi connectivity index (χ4v) is 3.85. The van der Waals surface area contributed by atoms with E-state index in [1.165, 1.54) is 12.1 Å². The molecule has 0 spiro atoms. The van der Waals surface area contributed by atoms with Crippen LogP contribution in [0.4, 0.5) is 4.39 Å². The van der Waals surface area contributed by atoms with Gasteiger partial charge >= 0.3 is 0 Å². The van der Waals surface area contributed by atoms with Gasteiger partial charge in [0.1, 0.15) is 5.82 Å². The topological polar surface area (TPSA) is 82.7 Å². The smallest absolute Gasteiger partial charge is 0.272 e. The molecule has 0 bridgehead atoms. The molecule has 5 rings (SSSR count). The van der Waals surface area contributed by atoms with Gasteiger partial charge in [0.25, 0.3) is 5.91 Å². The van der Waals surface area contributed by atoms with E-state index in [1.54, 1.807) is 12.3 Å². The van der Waals surface area contributed by atoms with Gasteiger partial charge in [-0.15, -0.1) is 0 Å². The number of H-pyrrole nitrogens is 1. The first-order valence-electron chi connectivity index (χ1n) is 9.73. The highest BCUT2D eigenvalue weighted by molar-refractivity contribution is 6.05. The van der Waals surface area contributed by atoms with Gasteiger partial charge in [0.2, 0.25) is 0 Å². The molecule has 0 saturated carbocycles. The molecule has 3 heterocycles. The Morgan fingerprint density at radius 3 is 2.79 bits per heavy atom. The number of carbonyl (C=O) groups is 1. The monoisotopic (exact) mass is 389 g/mol. The van der Waals surface area contributed by atoms with Crippen LogP contribution < -0.4 is 10.6 Å². The number of amides is 1. The molecular formula is C22H20FN5O. The zero-order chi connectivity index (χ0) is 19.8. The largest absolute Gasteiger partial charge is 0.348 e. The number of fused-ring (bicyclic) bond motifs is 2. The molecular weight excluding hydrogens is 369 g/mol. The van der Waals surface area contributed by atoms with Crippen LogP contribution >= 0.6 is 0 Å². The van der Waals surface area contributed by atoms with E-state index in [-0.39, 0.29) is 17.8 Å². The SMILES string of the molecule is O=C(NC1CCNCC1)c1n[nH]c2ccc(-c3cnc4ccc(F)cc4c3)cc12. The van der Waals surface area contributed by atoms with Gasteiger partial charge in [-0.2, -0.15) is 5.10 Å². The fourth-order valence-electron chi connectivity index (χ4n) is 3.85. The highest BCUT2D eigenvalue weighted by atomic mass is 19.1. The first kappa shape index (κ1) is 17.8. The van der Waals surface area contributed by atoms with Crippen LogP contribution in [0.3, 0.4) is 0 Å². The number of piperidine rings is 1. The molecule has 2 aromatic heterocycles. The predicted molar refractivity (Wildman–Crippen MR) is 110 cm³/mol. The second-order valence-corrected chi connectivity index (χ2v) is 7.39. The first-order valence-corrected chi connectivity index (χ1v) is 9.73. The third kappa shape index (κ3) is 3.45. The summed E-state index contributed by atoms with van der Waals surface area (Å²) >= 11 is 0. The van der Waals surface area contributed by atoms with Crippen molar-refractivity contribution in [3.63, 3.8) is 0 Å². The van der Waals surface area contributed by atoms with E-state index in [1.807, 2.05) is 24.3 Å². The summed E-state index contributed by atoms with van der Waals surface area (Å²) in [7, 11) is 0. The highest BCUT2D eigenvalue weighted by Crippen LogP contribution is 2.27. The second kappa shape index (κ2) is 7.25. The minimum atomic E-state index is -0.293. The summed E-state index contributed by atoms with van der Waals surface area (Å²) in [5.41, 5.74) is 3.68. The zero-order valence-corrected chi connectivity index (χ0v) is 15.7. The van der Waals surface area contributed by atoms with Crippen molar-refractivity contribution >= 4 is 27.7 Å². The van der Waals surface area contributed by atoms with Crippen molar-refractivity contribution in [2.75, 3.05) is 13.1 Å². The van der Waals surface area contributed by atoms with Crippen LogP contribution in [0, 0.1) is 5.82 Å². The number of halogens is 1. The molecule has 0 aliphatic carbocycles. The number of benzene rings is 2. The van der Waals surface area contributed by atoms with E-state index in [2.05, 4.69) is 25.8 Å². The van der Waals surface area contributed by atoms with Gasteiger partial charge in [0, 0.05) is 28.6 Å². The third-order valence-electron chi connectivity index (χ3n) is 5.43. The van der Waals surface area contributed by atoms with Gasteiger partial charge in [-0.25, -0.2) is 4.39 Å². The van der Waals surface area contributed by atoms with Crippen LogP contribution in [0.25, 0.3) is 32.9 Å². The maximum Gasteiger partial charge on any atom is 0.272 e. The number of hydrogen-bond donors (Lipinski definition) is 3. The quantitative estimate of drug-likeness (QED) is 0.502. The normalized spacial score (nSPS) is 15.1. The van der Waals surface area contributed by atoms with Gasteiger partial charge in [-0.1, -0.05) is 6.07 Å². The Balaban J connectivity index is 1.50. The standard InChI is InChI=1S/C22H20FN5O/c23-16-2-4-19-14(10-16)9-15(12-25-19)13-1-3-20-18(11-13)21(28-27-20)22(29)26-17-5-7-24-8-6-17/h1-4,9-12,17,24H,5-8H2,(H,26,29)(H,27,28). The van der Waals surface area contributed by atoms with Crippen molar-refractivity contribution in [1.82, 2.24) is 25.8 Å². The van der Waals surface area contributed by atoms with Crippen molar-refractivity contribution < 1.29 is 9.18 Å². The van der Waals surface area contributed by atoms with Crippen LogP contribution in [-0.2, 0) is 0 Å². The molecule has 1 fully saturated rings. The number of pyridine rings is 1. The summed E-state index contributed by atoms with van der Waals surface area (Å²) in [5, 5.41) is 15.0. The van der Waals surface area contributed by atoms with Crippen LogP contribution in [0.5, 0.6) is 0 Å². The van der Waals surface area contributed by atoms with Crippen molar-refractivity contribution in [1.29, 1.82) is 0 Å². The van der Waals surface area contributed by atoms with Crippen molar-refractivity contribution in [3.05, 3.63) is 60.2 Å². The molecule has 6 nitrogen and oxygen atoms in total. The number of aromatic amines is 1. The number of nitrogens with zero attached hydrogens (tertiary/aromatic N) is 2. The van der Waals surface area contributed by atoms with Gasteiger partial charge in [-0.3, -0.25) is 14.9 Å². The second-order valence-electron chi connectivity index (χ2n) is 7.39. The lowest BCUT2D eigenvalue weighted by Crippen LogP contribution is -2.42. The molecule has 1 saturated heterocycles. The van der Waals surface area contributed by atoms with Crippen LogP contribution in [0.15, 0.2) is 48.7 Å². The summed E-state index contributed by atoms with van der Waals surface area (Å²) in [6.45, 7) is 1.82. The average Bonchev–Trinajstić information content (AvgIpc) is 3.17. The summed E-state index contributed by atoms with van der Waals surface area (Å²) in [6.07, 6.45) is 3.59. The minimum Gasteiger partial charge on any atom is -0.348 e. The molecule has 1 aliphatic rings. The number of nitrogens with one attached hydrogen (secondary N) is 3. The zero-order valence-electron chi connectivity index (χ0n) is 15.7. The molecule has 7 heteroatoms. The van der Waals surface area contributed by atoms with Crippen molar-refractivity contribution in [3.8, 4) is 11.1 Å². The minimum absolute atomic E-state index is 0.165. The summed E-state index contributed by atoms with van der Waals surface area (Å²) in [4.78, 5) is 17.2. The van der Waals surface area contributed by atoms with E-state index in [9.17, 15) is 9.18 Å². The molecule has 4 aromatic rings.